The minimum absolute atomic E-state index is 0.530. The third-order valence-electron chi connectivity index (χ3n) is 2.47. The van der Waals surface area contributed by atoms with Crippen LogP contribution in [-0.2, 0) is 0 Å². The molecular weight excluding hydrogens is 234 g/mol. The van der Waals surface area contributed by atoms with Crippen LogP contribution in [0.2, 0.25) is 0 Å². The maximum absolute atomic E-state index is 5.97. The molecule has 0 unspecified atom stereocenters. The number of aromatic nitrogens is 4. The first kappa shape index (κ1) is 9.98. The van der Waals surface area contributed by atoms with E-state index in [4.69, 9.17) is 5.73 Å². The van der Waals surface area contributed by atoms with Crippen molar-refractivity contribution in [2.75, 3.05) is 5.73 Å². The summed E-state index contributed by atoms with van der Waals surface area (Å²) in [6.07, 6.45) is 0. The van der Waals surface area contributed by atoms with Crippen molar-refractivity contribution < 1.29 is 0 Å². The van der Waals surface area contributed by atoms with Gasteiger partial charge in [-0.3, -0.25) is 0 Å². The minimum atomic E-state index is 0.530. The van der Waals surface area contributed by atoms with Crippen LogP contribution < -0.4 is 5.73 Å². The van der Waals surface area contributed by atoms with Crippen LogP contribution in [0.4, 0.5) is 5.00 Å². The number of aromatic amines is 1. The van der Waals surface area contributed by atoms with Crippen LogP contribution in [0, 0.1) is 0 Å². The smallest absolute Gasteiger partial charge is 0.208 e. The molecule has 0 aliphatic rings. The molecule has 3 rings (SSSR count). The zero-order chi connectivity index (χ0) is 11.7. The van der Waals surface area contributed by atoms with Crippen LogP contribution in [0.1, 0.15) is 0 Å². The van der Waals surface area contributed by atoms with Crippen molar-refractivity contribution >= 4 is 16.3 Å². The van der Waals surface area contributed by atoms with Crippen LogP contribution >= 0.6 is 11.3 Å². The van der Waals surface area contributed by atoms with Gasteiger partial charge in [0.2, 0.25) is 5.82 Å². The quantitative estimate of drug-likeness (QED) is 0.722. The molecule has 0 aliphatic heterocycles. The number of nitrogens with two attached hydrogens (primary N) is 1. The number of nitrogens with zero attached hydrogens (tertiary/aromatic N) is 3. The molecular formula is C11H9N5S. The highest BCUT2D eigenvalue weighted by molar-refractivity contribution is 7.15. The van der Waals surface area contributed by atoms with Gasteiger partial charge in [0.15, 0.2) is 0 Å². The van der Waals surface area contributed by atoms with Gasteiger partial charge in [0, 0.05) is 10.9 Å². The van der Waals surface area contributed by atoms with Crippen LogP contribution in [0.25, 0.3) is 22.5 Å². The molecule has 0 radical (unpaired) electrons. The number of rotatable bonds is 2. The Labute approximate surface area is 101 Å². The van der Waals surface area contributed by atoms with Gasteiger partial charge >= 0.3 is 0 Å². The number of H-pyrrole nitrogens is 1. The Bertz CT molecular complexity index is 615. The molecule has 84 valence electrons. The fraction of sp³-hybridized carbons (Fsp3) is 0. The molecule has 6 heteroatoms. The lowest BCUT2D eigenvalue weighted by Gasteiger charge is -2.01. The monoisotopic (exact) mass is 243 g/mol. The molecule has 0 fully saturated rings. The van der Waals surface area contributed by atoms with Gasteiger partial charge in [-0.1, -0.05) is 30.3 Å². The predicted molar refractivity (Wildman–Crippen MR) is 67.3 cm³/mol. The van der Waals surface area contributed by atoms with Crippen LogP contribution in [0.5, 0.6) is 0 Å². The maximum Gasteiger partial charge on any atom is 0.208 e. The van der Waals surface area contributed by atoms with Crippen LogP contribution in [-0.4, -0.2) is 20.6 Å². The topological polar surface area (TPSA) is 80.5 Å². The highest BCUT2D eigenvalue weighted by atomic mass is 32.1. The lowest BCUT2D eigenvalue weighted by atomic mass is 10.0. The van der Waals surface area contributed by atoms with Crippen molar-refractivity contribution in [3.8, 4) is 22.5 Å². The summed E-state index contributed by atoms with van der Waals surface area (Å²) in [5, 5.41) is 16.7. The summed E-state index contributed by atoms with van der Waals surface area (Å²) in [7, 11) is 0. The van der Waals surface area contributed by atoms with E-state index in [2.05, 4.69) is 20.6 Å². The summed E-state index contributed by atoms with van der Waals surface area (Å²) in [6, 6.07) is 10.0. The second-order valence-corrected chi connectivity index (χ2v) is 4.40. The van der Waals surface area contributed by atoms with Crippen molar-refractivity contribution in [3.05, 3.63) is 35.7 Å². The SMILES string of the molecule is Nc1scc(-c2ccccc2)c1-c1nn[nH]n1. The number of thiophene rings is 1. The molecule has 0 aliphatic carbocycles. The molecule has 0 amide bonds. The van der Waals surface area contributed by atoms with Gasteiger partial charge in [0.05, 0.1) is 10.6 Å². The molecule has 3 N–H and O–H groups in total. The van der Waals surface area contributed by atoms with E-state index in [0.29, 0.717) is 10.8 Å². The molecule has 0 saturated carbocycles. The molecule has 3 aromatic rings. The number of hydrogen-bond acceptors (Lipinski definition) is 5. The van der Waals surface area contributed by atoms with Gasteiger partial charge in [0.25, 0.3) is 0 Å². The fourth-order valence-corrected chi connectivity index (χ4v) is 2.52. The van der Waals surface area contributed by atoms with E-state index in [1.807, 2.05) is 35.7 Å². The molecule has 0 atom stereocenters. The van der Waals surface area contributed by atoms with Crippen LogP contribution in [0.15, 0.2) is 35.7 Å². The second-order valence-electron chi connectivity index (χ2n) is 3.49. The maximum atomic E-state index is 5.97. The Kier molecular flexibility index (Phi) is 2.34. The highest BCUT2D eigenvalue weighted by Gasteiger charge is 2.16. The number of anilines is 1. The van der Waals surface area contributed by atoms with E-state index >= 15 is 0 Å². The van der Waals surface area contributed by atoms with Gasteiger partial charge in [-0.05, 0) is 10.8 Å². The van der Waals surface area contributed by atoms with E-state index in [9.17, 15) is 0 Å². The van der Waals surface area contributed by atoms with Gasteiger partial charge < -0.3 is 5.73 Å². The van der Waals surface area contributed by atoms with Gasteiger partial charge in [-0.15, -0.1) is 21.5 Å². The summed E-state index contributed by atoms with van der Waals surface area (Å²) in [5.41, 5.74) is 8.94. The van der Waals surface area contributed by atoms with Crippen molar-refractivity contribution in [2.45, 2.75) is 0 Å². The zero-order valence-corrected chi connectivity index (χ0v) is 9.61. The molecule has 0 spiro atoms. The molecule has 0 saturated heterocycles. The first-order valence-electron chi connectivity index (χ1n) is 5.02. The fourth-order valence-electron chi connectivity index (χ4n) is 1.70. The summed E-state index contributed by atoms with van der Waals surface area (Å²) < 4.78 is 0. The third kappa shape index (κ3) is 1.68. The lowest BCUT2D eigenvalue weighted by molar-refractivity contribution is 0.881. The molecule has 2 heterocycles. The standard InChI is InChI=1S/C11H9N5S/c12-10-9(11-13-15-16-14-11)8(6-17-10)7-4-2-1-3-5-7/h1-6H,12H2,(H,13,14,15,16). The molecule has 5 nitrogen and oxygen atoms in total. The van der Waals surface area contributed by atoms with Crippen molar-refractivity contribution in [1.82, 2.24) is 20.6 Å². The molecule has 1 aromatic carbocycles. The van der Waals surface area contributed by atoms with Crippen molar-refractivity contribution in [2.24, 2.45) is 0 Å². The molecule has 0 bridgehead atoms. The Morgan fingerprint density at radius 3 is 2.71 bits per heavy atom. The minimum Gasteiger partial charge on any atom is -0.390 e. The van der Waals surface area contributed by atoms with E-state index in [0.717, 1.165) is 16.7 Å². The number of nitrogens with one attached hydrogen (secondary N) is 1. The second kappa shape index (κ2) is 3.99. The van der Waals surface area contributed by atoms with E-state index in [1.165, 1.54) is 11.3 Å². The predicted octanol–water partition coefficient (Wildman–Crippen LogP) is 2.18. The van der Waals surface area contributed by atoms with Gasteiger partial charge in [0.1, 0.15) is 0 Å². The van der Waals surface area contributed by atoms with Gasteiger partial charge in [-0.25, -0.2) is 0 Å². The van der Waals surface area contributed by atoms with Crippen molar-refractivity contribution in [1.29, 1.82) is 0 Å². The normalized spacial score (nSPS) is 10.6. The zero-order valence-electron chi connectivity index (χ0n) is 8.79. The van der Waals surface area contributed by atoms with E-state index in [-0.39, 0.29) is 0 Å². The molecule has 2 aromatic heterocycles. The van der Waals surface area contributed by atoms with Crippen LogP contribution in [0.3, 0.4) is 0 Å². The average Bonchev–Trinajstić information content (AvgIpc) is 2.99. The Morgan fingerprint density at radius 2 is 2.00 bits per heavy atom. The van der Waals surface area contributed by atoms with Crippen molar-refractivity contribution in [3.63, 3.8) is 0 Å². The number of nitrogen functional groups attached to an aromatic ring is 1. The lowest BCUT2D eigenvalue weighted by Crippen LogP contribution is -1.88. The molecule has 17 heavy (non-hydrogen) atoms. The number of benzene rings is 1. The summed E-state index contributed by atoms with van der Waals surface area (Å²) in [5.74, 6) is 0.530. The first-order valence-corrected chi connectivity index (χ1v) is 5.90. The Hall–Kier alpha value is -2.21. The Morgan fingerprint density at radius 1 is 1.18 bits per heavy atom. The number of tetrazole rings is 1. The largest absolute Gasteiger partial charge is 0.390 e. The van der Waals surface area contributed by atoms with E-state index in [1.54, 1.807) is 0 Å². The summed E-state index contributed by atoms with van der Waals surface area (Å²) >= 11 is 1.48. The first-order chi connectivity index (χ1) is 8.36. The summed E-state index contributed by atoms with van der Waals surface area (Å²) in [6.45, 7) is 0. The average molecular weight is 243 g/mol. The third-order valence-corrected chi connectivity index (χ3v) is 3.28. The van der Waals surface area contributed by atoms with Gasteiger partial charge in [-0.2, -0.15) is 5.21 Å². The Balaban J connectivity index is 2.20. The number of hydrogen-bond donors (Lipinski definition) is 2. The van der Waals surface area contributed by atoms with E-state index < -0.39 is 0 Å². The summed E-state index contributed by atoms with van der Waals surface area (Å²) in [4.78, 5) is 0. The highest BCUT2D eigenvalue weighted by Crippen LogP contribution is 2.39.